The number of hydrogen-bond acceptors (Lipinski definition) is 7. The number of rotatable bonds is 11. The second-order valence-electron chi connectivity index (χ2n) is 9.60. The van der Waals surface area contributed by atoms with E-state index in [1.165, 1.54) is 30.7 Å². The van der Waals surface area contributed by atoms with Gasteiger partial charge in [-0.15, -0.1) is 0 Å². The van der Waals surface area contributed by atoms with Crippen LogP contribution in [0.3, 0.4) is 0 Å². The Bertz CT molecular complexity index is 1540. The monoisotopic (exact) mass is 567 g/mol. The number of sulfone groups is 1. The molecule has 1 atom stereocenters. The second kappa shape index (κ2) is 12.1. The third-order valence-corrected chi connectivity index (χ3v) is 8.37. The lowest BCUT2D eigenvalue weighted by Crippen LogP contribution is -2.32. The molecule has 0 spiro atoms. The van der Waals surface area contributed by atoms with Gasteiger partial charge in [0, 0.05) is 17.7 Å². The van der Waals surface area contributed by atoms with Gasteiger partial charge in [0.25, 0.3) is 5.91 Å². The first-order chi connectivity index (χ1) is 19.3. The van der Waals surface area contributed by atoms with Gasteiger partial charge >= 0.3 is 0 Å². The van der Waals surface area contributed by atoms with E-state index in [0.717, 1.165) is 12.8 Å². The number of halogens is 1. The van der Waals surface area contributed by atoms with Gasteiger partial charge in [0.05, 0.1) is 56.8 Å². The van der Waals surface area contributed by atoms with Crippen LogP contribution < -0.4 is 4.74 Å². The predicted molar refractivity (Wildman–Crippen MR) is 144 cm³/mol. The van der Waals surface area contributed by atoms with Crippen LogP contribution in [0.1, 0.15) is 40.2 Å². The van der Waals surface area contributed by atoms with E-state index in [9.17, 15) is 17.6 Å². The van der Waals surface area contributed by atoms with Crippen molar-refractivity contribution in [3.05, 3.63) is 102 Å². The topological polar surface area (TPSA) is 104 Å². The molecule has 0 radical (unpaired) electrons. The lowest BCUT2D eigenvalue weighted by molar-refractivity contribution is 0.0706. The summed E-state index contributed by atoms with van der Waals surface area (Å²) in [4.78, 5) is 19.5. The molecule has 3 heterocycles. The Morgan fingerprint density at radius 3 is 2.60 bits per heavy atom. The minimum absolute atomic E-state index is 0.0561. The fraction of sp³-hybridized carbons (Fsp3) is 0.310. The van der Waals surface area contributed by atoms with Gasteiger partial charge in [-0.1, -0.05) is 18.2 Å². The zero-order valence-corrected chi connectivity index (χ0v) is 22.8. The summed E-state index contributed by atoms with van der Waals surface area (Å²) in [6.07, 6.45) is 4.42. The lowest BCUT2D eigenvalue weighted by Gasteiger charge is -2.24. The van der Waals surface area contributed by atoms with Crippen molar-refractivity contribution in [2.75, 3.05) is 13.7 Å². The van der Waals surface area contributed by atoms with E-state index < -0.39 is 21.4 Å². The first-order valence-corrected chi connectivity index (χ1v) is 14.6. The summed E-state index contributed by atoms with van der Waals surface area (Å²) in [5.74, 6) is -0.228. The van der Waals surface area contributed by atoms with Crippen LogP contribution in [0.4, 0.5) is 4.39 Å². The molecule has 1 aliphatic rings. The van der Waals surface area contributed by atoms with Gasteiger partial charge in [-0.3, -0.25) is 4.79 Å². The molecular weight excluding hydrogens is 537 g/mol. The Labute approximate surface area is 232 Å². The molecule has 210 valence electrons. The summed E-state index contributed by atoms with van der Waals surface area (Å²) < 4.78 is 59.5. The van der Waals surface area contributed by atoms with Crippen LogP contribution in [-0.2, 0) is 40.0 Å². The first-order valence-electron chi connectivity index (χ1n) is 12.9. The number of amides is 1. The van der Waals surface area contributed by atoms with Gasteiger partial charge in [0.2, 0.25) is 15.0 Å². The summed E-state index contributed by atoms with van der Waals surface area (Å²) in [7, 11) is -2.48. The van der Waals surface area contributed by atoms with Gasteiger partial charge < -0.3 is 23.4 Å². The normalized spacial score (nSPS) is 15.3. The number of ether oxygens (including phenoxy) is 2. The SMILES string of the molecule is COc1ccc(C(=O)N(Cc2ccco2)Cc2cnc(S(=O)(=O)Cc3ccccc3F)n2C[C@@H]2CCCO2)cc1. The van der Waals surface area contributed by atoms with Crippen molar-refractivity contribution in [1.29, 1.82) is 0 Å². The molecule has 1 aliphatic heterocycles. The van der Waals surface area contributed by atoms with Crippen molar-refractivity contribution in [1.82, 2.24) is 14.5 Å². The molecule has 40 heavy (non-hydrogen) atoms. The van der Waals surface area contributed by atoms with E-state index >= 15 is 0 Å². The van der Waals surface area contributed by atoms with Crippen molar-refractivity contribution in [3.8, 4) is 5.75 Å². The van der Waals surface area contributed by atoms with Crippen LogP contribution in [0.2, 0.25) is 0 Å². The van der Waals surface area contributed by atoms with Gasteiger partial charge in [0.15, 0.2) is 0 Å². The van der Waals surface area contributed by atoms with Crippen molar-refractivity contribution in [2.45, 2.75) is 49.5 Å². The number of hydrogen-bond donors (Lipinski definition) is 0. The molecule has 4 aromatic rings. The average Bonchev–Trinajstić information content (AvgIpc) is 3.73. The van der Waals surface area contributed by atoms with Crippen LogP contribution in [0, 0.1) is 5.82 Å². The van der Waals surface area contributed by atoms with Gasteiger partial charge in [-0.2, -0.15) is 0 Å². The number of aromatic nitrogens is 2. The number of carbonyl (C=O) groups excluding carboxylic acids is 1. The van der Waals surface area contributed by atoms with E-state index in [1.807, 2.05) is 0 Å². The van der Waals surface area contributed by atoms with Gasteiger partial charge in [-0.25, -0.2) is 17.8 Å². The molecule has 1 fully saturated rings. The van der Waals surface area contributed by atoms with Crippen molar-refractivity contribution in [2.24, 2.45) is 0 Å². The minimum atomic E-state index is -4.03. The highest BCUT2D eigenvalue weighted by atomic mass is 32.2. The minimum Gasteiger partial charge on any atom is -0.497 e. The van der Waals surface area contributed by atoms with Crippen molar-refractivity contribution in [3.63, 3.8) is 0 Å². The highest BCUT2D eigenvalue weighted by Gasteiger charge is 2.29. The summed E-state index contributed by atoms with van der Waals surface area (Å²) in [6, 6.07) is 16.0. The number of furan rings is 1. The maximum absolute atomic E-state index is 14.3. The van der Waals surface area contributed by atoms with E-state index in [0.29, 0.717) is 29.4 Å². The van der Waals surface area contributed by atoms with Crippen LogP contribution in [0.15, 0.2) is 82.7 Å². The quantitative estimate of drug-likeness (QED) is 0.261. The second-order valence-corrected chi connectivity index (χ2v) is 11.5. The number of imidazole rings is 1. The predicted octanol–water partition coefficient (Wildman–Crippen LogP) is 4.62. The molecular formula is C29H30FN3O6S. The molecule has 5 rings (SSSR count). The van der Waals surface area contributed by atoms with Gasteiger partial charge in [0.1, 0.15) is 17.3 Å². The van der Waals surface area contributed by atoms with Crippen LogP contribution in [0.5, 0.6) is 5.75 Å². The molecule has 2 aromatic carbocycles. The lowest BCUT2D eigenvalue weighted by atomic mass is 10.1. The number of nitrogens with zero attached hydrogens (tertiary/aromatic N) is 3. The zero-order valence-electron chi connectivity index (χ0n) is 22.0. The average molecular weight is 568 g/mol. The van der Waals surface area contributed by atoms with Crippen molar-refractivity contribution >= 4 is 15.7 Å². The van der Waals surface area contributed by atoms with Crippen LogP contribution in [-0.4, -0.2) is 48.6 Å². The highest BCUT2D eigenvalue weighted by Crippen LogP contribution is 2.25. The number of methoxy groups -OCH3 is 1. The molecule has 11 heteroatoms. The molecule has 0 bridgehead atoms. The third-order valence-electron chi connectivity index (χ3n) is 6.80. The number of benzene rings is 2. The van der Waals surface area contributed by atoms with Gasteiger partial charge in [-0.05, 0) is 55.3 Å². The Balaban J connectivity index is 1.49. The maximum atomic E-state index is 14.3. The van der Waals surface area contributed by atoms with Crippen LogP contribution >= 0.6 is 0 Å². The fourth-order valence-electron chi connectivity index (χ4n) is 4.74. The summed E-state index contributed by atoms with van der Waals surface area (Å²) in [6.45, 7) is 1.04. The van der Waals surface area contributed by atoms with E-state index in [2.05, 4.69) is 4.98 Å². The summed E-state index contributed by atoms with van der Waals surface area (Å²) in [5.41, 5.74) is 1.01. The maximum Gasteiger partial charge on any atom is 0.254 e. The van der Waals surface area contributed by atoms with E-state index in [-0.39, 0.29) is 42.4 Å². The fourth-order valence-corrected chi connectivity index (χ4v) is 6.25. The smallest absolute Gasteiger partial charge is 0.254 e. The Kier molecular flexibility index (Phi) is 8.32. The standard InChI is InChI=1S/C29H30FN3O6S/c1-37-24-12-10-21(11-13-24)28(34)32(18-25-7-4-14-38-25)17-23-16-31-29(33(23)19-26-8-5-15-39-26)40(35,36)20-22-6-2-3-9-27(22)30/h2-4,6-7,9-14,16,26H,5,8,15,17-20H2,1H3/t26-/m0/s1. The van der Waals surface area contributed by atoms with Crippen LogP contribution in [0.25, 0.3) is 0 Å². The number of carbonyl (C=O) groups is 1. The molecule has 2 aromatic heterocycles. The van der Waals surface area contributed by atoms with E-state index in [4.69, 9.17) is 13.9 Å². The first kappa shape index (κ1) is 27.6. The largest absolute Gasteiger partial charge is 0.497 e. The molecule has 1 amide bonds. The molecule has 1 saturated heterocycles. The molecule has 0 unspecified atom stereocenters. The third kappa shape index (κ3) is 6.26. The Hall–Kier alpha value is -3.96. The van der Waals surface area contributed by atoms with Crippen molar-refractivity contribution < 1.29 is 31.5 Å². The molecule has 0 N–H and O–H groups in total. The Morgan fingerprint density at radius 1 is 1.12 bits per heavy atom. The molecule has 9 nitrogen and oxygen atoms in total. The summed E-state index contributed by atoms with van der Waals surface area (Å²) >= 11 is 0. The molecule has 0 saturated carbocycles. The summed E-state index contributed by atoms with van der Waals surface area (Å²) in [5, 5.41) is -0.184. The highest BCUT2D eigenvalue weighted by molar-refractivity contribution is 7.90. The Morgan fingerprint density at radius 2 is 1.93 bits per heavy atom. The zero-order chi connectivity index (χ0) is 28.1. The van der Waals surface area contributed by atoms with E-state index in [1.54, 1.807) is 59.0 Å². The molecule has 0 aliphatic carbocycles.